The van der Waals surface area contributed by atoms with Gasteiger partial charge in [0.15, 0.2) is 5.78 Å². The molecule has 2 aromatic carbocycles. The fourth-order valence-corrected chi connectivity index (χ4v) is 4.41. The van der Waals surface area contributed by atoms with Crippen molar-refractivity contribution in [1.29, 1.82) is 0 Å². The quantitative estimate of drug-likeness (QED) is 0.300. The van der Waals surface area contributed by atoms with E-state index >= 15 is 0 Å². The van der Waals surface area contributed by atoms with E-state index in [-0.39, 0.29) is 30.8 Å². The number of hydrogen-bond acceptors (Lipinski definition) is 4. The second-order valence-corrected chi connectivity index (χ2v) is 8.71. The molecule has 0 spiro atoms. The number of ketones is 2. The fraction of sp³-hybridized carbons (Fsp3) is 0.241. The van der Waals surface area contributed by atoms with Crippen LogP contribution in [0, 0.1) is 11.7 Å². The standard InChI is InChI=1S/C28H23FN2O2.CH4/c29-24-12-19(15-31-17-24)2-8-27(32)21-6-4-20(5-7-21)25-14-26(25)28(33)13-18-1-3-23-16-30-10-9-22(23)11-18;/h1,3-7,9-12,15-17,25-26H,2,8,13-14H2;1H4/t25-,26+;/m0./s1. The van der Waals surface area contributed by atoms with E-state index in [9.17, 15) is 14.0 Å². The molecule has 0 unspecified atom stereocenters. The van der Waals surface area contributed by atoms with E-state index < -0.39 is 5.82 Å². The van der Waals surface area contributed by atoms with Crippen LogP contribution < -0.4 is 0 Å². The average molecular weight is 455 g/mol. The topological polar surface area (TPSA) is 59.9 Å². The van der Waals surface area contributed by atoms with Gasteiger partial charge in [0.2, 0.25) is 0 Å². The third kappa shape index (κ3) is 5.25. The monoisotopic (exact) mass is 454 g/mol. The summed E-state index contributed by atoms with van der Waals surface area (Å²) in [5.41, 5.74) is 3.47. The molecule has 5 rings (SSSR count). The molecule has 1 aliphatic carbocycles. The molecular formula is C29H27FN2O2. The second kappa shape index (κ2) is 10.0. The van der Waals surface area contributed by atoms with E-state index in [1.807, 2.05) is 48.7 Å². The lowest BCUT2D eigenvalue weighted by Gasteiger charge is -2.05. The molecule has 0 aliphatic heterocycles. The number of aryl methyl sites for hydroxylation is 1. The van der Waals surface area contributed by atoms with Crippen molar-refractivity contribution in [2.24, 2.45) is 5.92 Å². The fourth-order valence-electron chi connectivity index (χ4n) is 4.41. The lowest BCUT2D eigenvalue weighted by Crippen LogP contribution is -2.06. The van der Waals surface area contributed by atoms with Crippen LogP contribution in [0.25, 0.3) is 10.8 Å². The van der Waals surface area contributed by atoms with Crippen LogP contribution in [0.3, 0.4) is 0 Å². The molecule has 2 heterocycles. The Morgan fingerprint density at radius 2 is 1.71 bits per heavy atom. The highest BCUT2D eigenvalue weighted by Gasteiger charge is 2.43. The van der Waals surface area contributed by atoms with Gasteiger partial charge in [-0.1, -0.05) is 49.9 Å². The minimum absolute atomic E-state index is 0. The molecule has 172 valence electrons. The number of Topliss-reactive ketones (excluding diaryl/α,β-unsaturated/α-hetero) is 2. The van der Waals surface area contributed by atoms with Crippen molar-refractivity contribution in [3.8, 4) is 0 Å². The zero-order valence-electron chi connectivity index (χ0n) is 18.1. The maximum absolute atomic E-state index is 13.2. The number of hydrogen-bond donors (Lipinski definition) is 0. The number of halogens is 1. The summed E-state index contributed by atoms with van der Waals surface area (Å²) < 4.78 is 13.2. The van der Waals surface area contributed by atoms with Crippen molar-refractivity contribution in [2.75, 3.05) is 0 Å². The minimum atomic E-state index is -0.393. The largest absolute Gasteiger partial charge is 0.299 e. The van der Waals surface area contributed by atoms with E-state index in [1.165, 1.54) is 6.07 Å². The minimum Gasteiger partial charge on any atom is -0.299 e. The van der Waals surface area contributed by atoms with Gasteiger partial charge < -0.3 is 0 Å². The summed E-state index contributed by atoms with van der Waals surface area (Å²) in [5.74, 6) is 0.151. The van der Waals surface area contributed by atoms with E-state index in [4.69, 9.17) is 0 Å². The third-order valence-corrected chi connectivity index (χ3v) is 6.35. The van der Waals surface area contributed by atoms with Crippen LogP contribution in [0.1, 0.15) is 53.2 Å². The lowest BCUT2D eigenvalue weighted by atomic mass is 9.99. The van der Waals surface area contributed by atoms with Gasteiger partial charge in [-0.15, -0.1) is 0 Å². The smallest absolute Gasteiger partial charge is 0.163 e. The summed E-state index contributed by atoms with van der Waals surface area (Å²) in [6.07, 6.45) is 8.37. The third-order valence-electron chi connectivity index (χ3n) is 6.35. The Kier molecular flexibility index (Phi) is 6.92. The highest BCUT2D eigenvalue weighted by molar-refractivity contribution is 5.96. The summed E-state index contributed by atoms with van der Waals surface area (Å²) in [7, 11) is 0. The predicted molar refractivity (Wildman–Crippen MR) is 131 cm³/mol. The predicted octanol–water partition coefficient (Wildman–Crippen LogP) is 6.14. The van der Waals surface area contributed by atoms with Crippen molar-refractivity contribution in [3.05, 3.63) is 107 Å². The Labute approximate surface area is 198 Å². The van der Waals surface area contributed by atoms with Gasteiger partial charge in [0.1, 0.15) is 11.6 Å². The number of nitrogens with zero attached hydrogens (tertiary/aromatic N) is 2. The molecule has 0 N–H and O–H groups in total. The van der Waals surface area contributed by atoms with E-state index in [1.54, 1.807) is 12.4 Å². The molecule has 0 radical (unpaired) electrons. The molecule has 0 amide bonds. The van der Waals surface area contributed by atoms with E-state index in [0.29, 0.717) is 30.4 Å². The van der Waals surface area contributed by atoms with Gasteiger partial charge in [0, 0.05) is 48.3 Å². The van der Waals surface area contributed by atoms with Crippen molar-refractivity contribution >= 4 is 22.3 Å². The Balaban J connectivity index is 0.00000274. The second-order valence-electron chi connectivity index (χ2n) is 8.71. The molecule has 1 fully saturated rings. The van der Waals surface area contributed by atoms with Crippen LogP contribution in [0.5, 0.6) is 0 Å². The molecule has 1 saturated carbocycles. The maximum Gasteiger partial charge on any atom is 0.163 e. The van der Waals surface area contributed by atoms with Crippen LogP contribution in [0.15, 0.2) is 79.4 Å². The molecule has 0 bridgehead atoms. The van der Waals surface area contributed by atoms with Crippen molar-refractivity contribution < 1.29 is 14.0 Å². The first kappa shape index (κ1) is 23.4. The van der Waals surface area contributed by atoms with Gasteiger partial charge in [0.25, 0.3) is 0 Å². The number of pyridine rings is 2. The molecule has 1 aliphatic rings. The lowest BCUT2D eigenvalue weighted by molar-refractivity contribution is -0.119. The zero-order valence-corrected chi connectivity index (χ0v) is 18.1. The molecular weight excluding hydrogens is 427 g/mol. The Morgan fingerprint density at radius 1 is 0.882 bits per heavy atom. The summed E-state index contributed by atoms with van der Waals surface area (Å²) >= 11 is 0. The highest BCUT2D eigenvalue weighted by atomic mass is 19.1. The maximum atomic E-state index is 13.2. The molecule has 34 heavy (non-hydrogen) atoms. The van der Waals surface area contributed by atoms with Crippen LogP contribution in [0.4, 0.5) is 4.39 Å². The van der Waals surface area contributed by atoms with Crippen LogP contribution in [0.2, 0.25) is 0 Å². The SMILES string of the molecule is C.O=C(CCc1cncc(F)c1)c1ccc([C@@H]2C[C@H]2C(=O)Cc2ccc3cnccc3c2)cc1. The summed E-state index contributed by atoms with van der Waals surface area (Å²) in [4.78, 5) is 33.3. The van der Waals surface area contributed by atoms with Crippen molar-refractivity contribution in [2.45, 2.75) is 39.0 Å². The first-order valence-electron chi connectivity index (χ1n) is 11.1. The first-order chi connectivity index (χ1) is 16.1. The van der Waals surface area contributed by atoms with Gasteiger partial charge in [0.05, 0.1) is 6.20 Å². The van der Waals surface area contributed by atoms with E-state index in [0.717, 1.165) is 34.5 Å². The van der Waals surface area contributed by atoms with Crippen molar-refractivity contribution in [3.63, 3.8) is 0 Å². The number of benzene rings is 2. The average Bonchev–Trinajstić information content (AvgIpc) is 3.64. The van der Waals surface area contributed by atoms with Crippen LogP contribution in [-0.4, -0.2) is 21.5 Å². The number of carbonyl (C=O) groups excluding carboxylic acids is 2. The zero-order chi connectivity index (χ0) is 22.8. The summed E-state index contributed by atoms with van der Waals surface area (Å²) in [6.45, 7) is 0. The number of fused-ring (bicyclic) bond motifs is 1. The van der Waals surface area contributed by atoms with Crippen LogP contribution in [-0.2, 0) is 17.6 Å². The van der Waals surface area contributed by atoms with Gasteiger partial charge in [-0.3, -0.25) is 19.6 Å². The Morgan fingerprint density at radius 3 is 2.50 bits per heavy atom. The molecule has 2 atom stereocenters. The summed E-state index contributed by atoms with van der Waals surface area (Å²) in [5, 5.41) is 2.16. The van der Waals surface area contributed by atoms with Gasteiger partial charge in [-0.25, -0.2) is 4.39 Å². The summed E-state index contributed by atoms with van der Waals surface area (Å²) in [6, 6.07) is 17.0. The van der Waals surface area contributed by atoms with E-state index in [2.05, 4.69) is 16.0 Å². The van der Waals surface area contributed by atoms with Gasteiger partial charge >= 0.3 is 0 Å². The molecule has 2 aromatic heterocycles. The molecule has 5 heteroatoms. The first-order valence-corrected chi connectivity index (χ1v) is 11.1. The van der Waals surface area contributed by atoms with Gasteiger partial charge in [-0.05, 0) is 53.0 Å². The molecule has 4 aromatic rings. The molecule has 4 nitrogen and oxygen atoms in total. The Bertz CT molecular complexity index is 1330. The highest BCUT2D eigenvalue weighted by Crippen LogP contribution is 2.48. The van der Waals surface area contributed by atoms with Crippen LogP contribution >= 0.6 is 0 Å². The normalized spacial score (nSPS) is 16.6. The molecule has 0 saturated heterocycles. The number of carbonyl (C=O) groups is 2. The number of rotatable bonds is 8. The van der Waals surface area contributed by atoms with Gasteiger partial charge in [-0.2, -0.15) is 0 Å². The van der Waals surface area contributed by atoms with Crippen molar-refractivity contribution in [1.82, 2.24) is 9.97 Å². The number of aromatic nitrogens is 2. The Hall–Kier alpha value is -3.73.